The van der Waals surface area contributed by atoms with Crippen LogP contribution >= 0.6 is 0 Å². The number of hydrogen-bond donors (Lipinski definition) is 1. The van der Waals surface area contributed by atoms with Crippen LogP contribution in [0.25, 0.3) is 0 Å². The first-order valence-corrected chi connectivity index (χ1v) is 6.58. The lowest BCUT2D eigenvalue weighted by Crippen LogP contribution is -2.19. The fourth-order valence-electron chi connectivity index (χ4n) is 2.31. The molecule has 1 aromatic rings. The topological polar surface area (TPSA) is 59.4 Å². The maximum Gasteiger partial charge on any atom is 0.354 e. The lowest BCUT2D eigenvalue weighted by Gasteiger charge is -2.25. The maximum absolute atomic E-state index is 11.0. The third-order valence-corrected chi connectivity index (χ3v) is 3.60. The molecule has 4 heteroatoms. The van der Waals surface area contributed by atoms with Gasteiger partial charge in [-0.2, -0.15) is 0 Å². The Morgan fingerprint density at radius 3 is 3.00 bits per heavy atom. The van der Waals surface area contributed by atoms with Crippen LogP contribution in [0.1, 0.15) is 35.8 Å². The number of ether oxygens (including phenoxy) is 1. The zero-order valence-corrected chi connectivity index (χ0v) is 11.1. The van der Waals surface area contributed by atoms with Crippen molar-refractivity contribution in [3.8, 4) is 0 Å². The molecule has 0 bridgehead atoms. The normalized spacial score (nSPS) is 22.4. The molecule has 0 aromatic carbocycles. The molecule has 0 saturated carbocycles. The van der Waals surface area contributed by atoms with Gasteiger partial charge in [-0.15, -0.1) is 0 Å². The minimum absolute atomic E-state index is 0.0825. The molecule has 0 saturated heterocycles. The van der Waals surface area contributed by atoms with E-state index in [9.17, 15) is 4.79 Å². The van der Waals surface area contributed by atoms with Gasteiger partial charge in [-0.05, 0) is 30.7 Å². The SMILES string of the molecule is CC1CC=CCC1COCc1cccnc1C(=O)O. The number of nitrogens with zero attached hydrogens (tertiary/aromatic N) is 1. The molecule has 1 aromatic heterocycles. The summed E-state index contributed by atoms with van der Waals surface area (Å²) in [5.74, 6) is 0.140. The van der Waals surface area contributed by atoms with Crippen molar-refractivity contribution < 1.29 is 14.6 Å². The molecule has 0 aliphatic heterocycles. The van der Waals surface area contributed by atoms with E-state index in [-0.39, 0.29) is 5.69 Å². The molecule has 2 rings (SSSR count). The first-order chi connectivity index (χ1) is 9.18. The lowest BCUT2D eigenvalue weighted by molar-refractivity contribution is 0.0620. The Bertz CT molecular complexity index is 470. The largest absolute Gasteiger partial charge is 0.477 e. The van der Waals surface area contributed by atoms with Crippen LogP contribution in [0.2, 0.25) is 0 Å². The van der Waals surface area contributed by atoms with Gasteiger partial charge < -0.3 is 9.84 Å². The Hall–Kier alpha value is -1.68. The fourth-order valence-corrected chi connectivity index (χ4v) is 2.31. The highest BCUT2D eigenvalue weighted by atomic mass is 16.5. The molecule has 4 nitrogen and oxygen atoms in total. The number of aromatic carboxylic acids is 1. The summed E-state index contributed by atoms with van der Waals surface area (Å²) < 4.78 is 5.68. The van der Waals surface area contributed by atoms with Crippen LogP contribution in [0.5, 0.6) is 0 Å². The lowest BCUT2D eigenvalue weighted by atomic mass is 9.85. The van der Waals surface area contributed by atoms with Crippen LogP contribution in [-0.4, -0.2) is 22.7 Å². The third-order valence-electron chi connectivity index (χ3n) is 3.60. The van der Waals surface area contributed by atoms with Crippen LogP contribution in [0.4, 0.5) is 0 Å². The van der Waals surface area contributed by atoms with Gasteiger partial charge in [0.1, 0.15) is 0 Å². The van der Waals surface area contributed by atoms with E-state index in [4.69, 9.17) is 9.84 Å². The summed E-state index contributed by atoms with van der Waals surface area (Å²) in [5.41, 5.74) is 0.716. The van der Waals surface area contributed by atoms with Crippen LogP contribution in [0, 0.1) is 11.8 Å². The Kier molecular flexibility index (Phi) is 4.68. The van der Waals surface area contributed by atoms with Crippen LogP contribution in [-0.2, 0) is 11.3 Å². The van der Waals surface area contributed by atoms with Gasteiger partial charge in [-0.1, -0.05) is 25.1 Å². The number of rotatable bonds is 5. The number of carbonyl (C=O) groups is 1. The minimum Gasteiger partial charge on any atom is -0.477 e. The van der Waals surface area contributed by atoms with Crippen molar-refractivity contribution in [2.24, 2.45) is 11.8 Å². The number of allylic oxidation sites excluding steroid dienone is 2. The number of pyridine rings is 1. The Morgan fingerprint density at radius 1 is 1.47 bits per heavy atom. The molecule has 1 N–H and O–H groups in total. The van der Waals surface area contributed by atoms with E-state index in [1.165, 1.54) is 6.20 Å². The van der Waals surface area contributed by atoms with Crippen molar-refractivity contribution >= 4 is 5.97 Å². The van der Waals surface area contributed by atoms with Gasteiger partial charge in [0.2, 0.25) is 0 Å². The predicted octanol–water partition coefficient (Wildman–Crippen LogP) is 2.90. The van der Waals surface area contributed by atoms with E-state index in [0.717, 1.165) is 12.8 Å². The number of aromatic nitrogens is 1. The summed E-state index contributed by atoms with van der Waals surface area (Å²) in [6.45, 7) is 3.20. The van der Waals surface area contributed by atoms with E-state index in [1.54, 1.807) is 12.1 Å². The van der Waals surface area contributed by atoms with Gasteiger partial charge in [0.25, 0.3) is 0 Å². The summed E-state index contributed by atoms with van der Waals surface area (Å²) in [6.07, 6.45) is 8.04. The van der Waals surface area contributed by atoms with Gasteiger partial charge in [0.15, 0.2) is 5.69 Å². The molecule has 19 heavy (non-hydrogen) atoms. The molecule has 2 unspecified atom stereocenters. The second-order valence-corrected chi connectivity index (χ2v) is 5.01. The monoisotopic (exact) mass is 261 g/mol. The first kappa shape index (κ1) is 13.7. The van der Waals surface area contributed by atoms with Crippen molar-refractivity contribution in [1.29, 1.82) is 0 Å². The zero-order valence-electron chi connectivity index (χ0n) is 11.1. The summed E-state index contributed by atoms with van der Waals surface area (Å²) in [6, 6.07) is 3.48. The summed E-state index contributed by atoms with van der Waals surface area (Å²) in [5, 5.41) is 9.03. The Morgan fingerprint density at radius 2 is 2.26 bits per heavy atom. The fraction of sp³-hybridized carbons (Fsp3) is 0.467. The Labute approximate surface area is 113 Å². The smallest absolute Gasteiger partial charge is 0.354 e. The van der Waals surface area contributed by atoms with E-state index in [2.05, 4.69) is 24.1 Å². The molecule has 0 spiro atoms. The zero-order chi connectivity index (χ0) is 13.7. The molecular weight excluding hydrogens is 242 g/mol. The number of carboxylic acids is 1. The van der Waals surface area contributed by atoms with Crippen molar-refractivity contribution in [2.45, 2.75) is 26.4 Å². The van der Waals surface area contributed by atoms with Crippen molar-refractivity contribution in [3.05, 3.63) is 41.7 Å². The molecule has 2 atom stereocenters. The highest BCUT2D eigenvalue weighted by Gasteiger charge is 2.19. The first-order valence-electron chi connectivity index (χ1n) is 6.58. The van der Waals surface area contributed by atoms with Crippen molar-refractivity contribution in [2.75, 3.05) is 6.61 Å². The third kappa shape index (κ3) is 3.64. The van der Waals surface area contributed by atoms with Crippen molar-refractivity contribution in [1.82, 2.24) is 4.98 Å². The predicted molar refractivity (Wildman–Crippen MR) is 71.9 cm³/mol. The van der Waals surface area contributed by atoms with Gasteiger partial charge in [0, 0.05) is 11.8 Å². The van der Waals surface area contributed by atoms with Gasteiger partial charge in [-0.3, -0.25) is 0 Å². The quantitative estimate of drug-likeness (QED) is 0.828. The molecule has 102 valence electrons. The minimum atomic E-state index is -1.01. The average Bonchev–Trinajstić information content (AvgIpc) is 2.41. The van der Waals surface area contributed by atoms with E-state index < -0.39 is 5.97 Å². The van der Waals surface area contributed by atoms with E-state index in [1.807, 2.05) is 0 Å². The van der Waals surface area contributed by atoms with Crippen LogP contribution < -0.4 is 0 Å². The number of hydrogen-bond acceptors (Lipinski definition) is 3. The summed E-state index contributed by atoms with van der Waals surface area (Å²) in [4.78, 5) is 14.9. The molecule has 1 aliphatic rings. The molecule has 0 radical (unpaired) electrons. The average molecular weight is 261 g/mol. The molecule has 1 aliphatic carbocycles. The molecule has 0 amide bonds. The van der Waals surface area contributed by atoms with Gasteiger partial charge in [-0.25, -0.2) is 9.78 Å². The molecular formula is C15H19NO3. The highest BCUT2D eigenvalue weighted by molar-refractivity contribution is 5.86. The second-order valence-electron chi connectivity index (χ2n) is 5.01. The second kappa shape index (κ2) is 6.48. The maximum atomic E-state index is 11.0. The van der Waals surface area contributed by atoms with E-state index in [0.29, 0.717) is 30.6 Å². The highest BCUT2D eigenvalue weighted by Crippen LogP contribution is 2.25. The van der Waals surface area contributed by atoms with Gasteiger partial charge in [0.05, 0.1) is 13.2 Å². The van der Waals surface area contributed by atoms with Crippen LogP contribution in [0.3, 0.4) is 0 Å². The molecule has 1 heterocycles. The number of carboxylic acid groups (broad SMARTS) is 1. The summed E-state index contributed by atoms with van der Waals surface area (Å²) >= 11 is 0. The standard InChI is InChI=1S/C15H19NO3/c1-11-5-2-3-6-12(11)9-19-10-13-7-4-8-16-14(13)15(17)18/h2-4,7-8,11-12H,5-6,9-10H2,1H3,(H,17,18). The summed E-state index contributed by atoms with van der Waals surface area (Å²) in [7, 11) is 0. The van der Waals surface area contributed by atoms with E-state index >= 15 is 0 Å². The molecule has 0 fully saturated rings. The Balaban J connectivity index is 1.89. The van der Waals surface area contributed by atoms with Gasteiger partial charge >= 0.3 is 5.97 Å². The van der Waals surface area contributed by atoms with Crippen LogP contribution in [0.15, 0.2) is 30.5 Å². The van der Waals surface area contributed by atoms with Crippen molar-refractivity contribution in [3.63, 3.8) is 0 Å².